The molecular formula is C14H21NOS. The zero-order valence-electron chi connectivity index (χ0n) is 10.4. The van der Waals surface area contributed by atoms with Gasteiger partial charge in [-0.15, -0.1) is 0 Å². The Morgan fingerprint density at radius 1 is 1.47 bits per heavy atom. The van der Waals surface area contributed by atoms with E-state index >= 15 is 0 Å². The Morgan fingerprint density at radius 2 is 2.24 bits per heavy atom. The number of benzene rings is 1. The van der Waals surface area contributed by atoms with Gasteiger partial charge in [-0.1, -0.05) is 24.3 Å². The van der Waals surface area contributed by atoms with Gasteiger partial charge in [-0.2, -0.15) is 11.8 Å². The molecule has 0 radical (unpaired) electrons. The molecular weight excluding hydrogens is 230 g/mol. The van der Waals surface area contributed by atoms with Crippen molar-refractivity contribution in [3.8, 4) is 0 Å². The molecule has 1 aromatic rings. The second-order valence-electron chi connectivity index (χ2n) is 5.12. The van der Waals surface area contributed by atoms with Crippen molar-refractivity contribution in [2.24, 2.45) is 5.73 Å². The van der Waals surface area contributed by atoms with Gasteiger partial charge in [0, 0.05) is 16.5 Å². The Labute approximate surface area is 108 Å². The van der Waals surface area contributed by atoms with Crippen molar-refractivity contribution in [1.29, 1.82) is 0 Å². The van der Waals surface area contributed by atoms with Crippen LogP contribution in [0.15, 0.2) is 24.3 Å². The molecule has 2 rings (SSSR count). The smallest absolute Gasteiger partial charge is 0.0611 e. The predicted molar refractivity (Wildman–Crippen MR) is 74.1 cm³/mol. The second kappa shape index (κ2) is 5.42. The van der Waals surface area contributed by atoms with Crippen molar-refractivity contribution in [3.05, 3.63) is 35.4 Å². The van der Waals surface area contributed by atoms with Crippen molar-refractivity contribution in [3.63, 3.8) is 0 Å². The van der Waals surface area contributed by atoms with E-state index in [1.165, 1.54) is 11.1 Å². The fourth-order valence-corrected chi connectivity index (χ4v) is 3.84. The zero-order valence-corrected chi connectivity index (χ0v) is 11.2. The molecule has 0 saturated heterocycles. The third-order valence-electron chi connectivity index (χ3n) is 3.65. The van der Waals surface area contributed by atoms with Crippen LogP contribution in [0.5, 0.6) is 0 Å². The molecule has 94 valence electrons. The van der Waals surface area contributed by atoms with E-state index in [-0.39, 0.29) is 12.1 Å². The molecule has 0 bridgehead atoms. The van der Waals surface area contributed by atoms with Crippen LogP contribution in [-0.2, 0) is 5.75 Å². The number of aliphatic hydroxyl groups excluding tert-OH is 1. The molecule has 0 aromatic heterocycles. The Bertz CT molecular complexity index is 382. The fraction of sp³-hybridized carbons (Fsp3) is 0.571. The lowest BCUT2D eigenvalue weighted by Crippen LogP contribution is -2.40. The van der Waals surface area contributed by atoms with Crippen LogP contribution in [-0.4, -0.2) is 22.5 Å². The number of rotatable bonds is 4. The number of hydrogen-bond donors (Lipinski definition) is 2. The quantitative estimate of drug-likeness (QED) is 0.864. The number of thioether (sulfide) groups is 1. The standard InChI is InChI=1S/C14H21NOS/c1-11-4-2-3-5-12(11)9-17-13-6-7-14(15,8-13)10-16/h2-5,13,16H,6-10,15H2,1H3. The summed E-state index contributed by atoms with van der Waals surface area (Å²) in [6.07, 6.45) is 3.03. The van der Waals surface area contributed by atoms with E-state index in [2.05, 4.69) is 31.2 Å². The Kier molecular flexibility index (Phi) is 4.13. The maximum Gasteiger partial charge on any atom is 0.0611 e. The molecule has 2 unspecified atom stereocenters. The van der Waals surface area contributed by atoms with Crippen LogP contribution in [0.2, 0.25) is 0 Å². The topological polar surface area (TPSA) is 46.2 Å². The summed E-state index contributed by atoms with van der Waals surface area (Å²) in [4.78, 5) is 0. The minimum absolute atomic E-state index is 0.119. The summed E-state index contributed by atoms with van der Waals surface area (Å²) in [7, 11) is 0. The monoisotopic (exact) mass is 251 g/mol. The molecule has 3 heteroatoms. The summed E-state index contributed by atoms with van der Waals surface area (Å²) >= 11 is 1.98. The number of aryl methyl sites for hydroxylation is 1. The van der Waals surface area contributed by atoms with Crippen molar-refractivity contribution in [2.75, 3.05) is 6.61 Å². The summed E-state index contributed by atoms with van der Waals surface area (Å²) in [5, 5.41) is 9.84. The van der Waals surface area contributed by atoms with Crippen LogP contribution < -0.4 is 5.73 Å². The highest BCUT2D eigenvalue weighted by Crippen LogP contribution is 2.36. The molecule has 17 heavy (non-hydrogen) atoms. The van der Waals surface area contributed by atoms with Gasteiger partial charge in [0.05, 0.1) is 6.61 Å². The van der Waals surface area contributed by atoms with Gasteiger partial charge in [0.25, 0.3) is 0 Å². The van der Waals surface area contributed by atoms with E-state index in [0.717, 1.165) is 25.0 Å². The maximum atomic E-state index is 9.24. The molecule has 1 aromatic carbocycles. The Hall–Kier alpha value is -0.510. The van der Waals surface area contributed by atoms with Gasteiger partial charge in [-0.25, -0.2) is 0 Å². The molecule has 3 N–H and O–H groups in total. The SMILES string of the molecule is Cc1ccccc1CSC1CCC(N)(CO)C1. The minimum Gasteiger partial charge on any atom is -0.394 e. The summed E-state index contributed by atoms with van der Waals surface area (Å²) in [5.41, 5.74) is 8.54. The molecule has 1 fully saturated rings. The van der Waals surface area contributed by atoms with Crippen LogP contribution in [0.25, 0.3) is 0 Å². The van der Waals surface area contributed by atoms with Gasteiger partial charge in [0.15, 0.2) is 0 Å². The average Bonchev–Trinajstić information content (AvgIpc) is 2.71. The molecule has 1 aliphatic carbocycles. The molecule has 2 nitrogen and oxygen atoms in total. The molecule has 2 atom stereocenters. The molecule has 0 heterocycles. The van der Waals surface area contributed by atoms with E-state index in [9.17, 15) is 5.11 Å². The minimum atomic E-state index is -0.316. The summed E-state index contributed by atoms with van der Waals surface area (Å²) in [6, 6.07) is 8.53. The third kappa shape index (κ3) is 3.24. The zero-order chi connectivity index (χ0) is 12.3. The van der Waals surface area contributed by atoms with Crippen LogP contribution in [0.3, 0.4) is 0 Å². The van der Waals surface area contributed by atoms with Crippen LogP contribution in [0.1, 0.15) is 30.4 Å². The molecule has 0 spiro atoms. The lowest BCUT2D eigenvalue weighted by Gasteiger charge is -2.20. The maximum absolute atomic E-state index is 9.24. The Morgan fingerprint density at radius 3 is 2.88 bits per heavy atom. The van der Waals surface area contributed by atoms with Crippen molar-refractivity contribution < 1.29 is 5.11 Å². The van der Waals surface area contributed by atoms with Gasteiger partial charge < -0.3 is 10.8 Å². The fourth-order valence-electron chi connectivity index (χ4n) is 2.37. The second-order valence-corrected chi connectivity index (χ2v) is 6.41. The number of nitrogens with two attached hydrogens (primary N) is 1. The van der Waals surface area contributed by atoms with Crippen LogP contribution >= 0.6 is 11.8 Å². The summed E-state index contributed by atoms with van der Waals surface area (Å²) in [5.74, 6) is 1.05. The first kappa shape index (κ1) is 12.9. The van der Waals surface area contributed by atoms with Crippen LogP contribution in [0, 0.1) is 6.92 Å². The van der Waals surface area contributed by atoms with Gasteiger partial charge in [0.2, 0.25) is 0 Å². The van der Waals surface area contributed by atoms with Gasteiger partial charge in [0.1, 0.15) is 0 Å². The average molecular weight is 251 g/mol. The van der Waals surface area contributed by atoms with Crippen molar-refractivity contribution in [1.82, 2.24) is 0 Å². The summed E-state index contributed by atoms with van der Waals surface area (Å²) < 4.78 is 0. The van der Waals surface area contributed by atoms with E-state index in [0.29, 0.717) is 5.25 Å². The molecule has 0 aliphatic heterocycles. The van der Waals surface area contributed by atoms with Gasteiger partial charge in [-0.05, 0) is 37.3 Å². The highest BCUT2D eigenvalue weighted by atomic mass is 32.2. The van der Waals surface area contributed by atoms with Gasteiger partial charge >= 0.3 is 0 Å². The molecule has 1 saturated carbocycles. The lowest BCUT2D eigenvalue weighted by molar-refractivity contribution is 0.200. The van der Waals surface area contributed by atoms with E-state index in [1.807, 2.05) is 11.8 Å². The Balaban J connectivity index is 1.86. The third-order valence-corrected chi connectivity index (χ3v) is 5.00. The number of aliphatic hydroxyl groups is 1. The van der Waals surface area contributed by atoms with Crippen LogP contribution in [0.4, 0.5) is 0 Å². The number of hydrogen-bond acceptors (Lipinski definition) is 3. The first-order chi connectivity index (χ1) is 8.13. The largest absolute Gasteiger partial charge is 0.394 e. The van der Waals surface area contributed by atoms with E-state index in [4.69, 9.17) is 5.73 Å². The lowest BCUT2D eigenvalue weighted by atomic mass is 10.0. The van der Waals surface area contributed by atoms with Gasteiger partial charge in [-0.3, -0.25) is 0 Å². The molecule has 1 aliphatic rings. The normalized spacial score (nSPS) is 28.5. The highest BCUT2D eigenvalue weighted by Gasteiger charge is 2.35. The molecule has 0 amide bonds. The summed E-state index contributed by atoms with van der Waals surface area (Å²) in [6.45, 7) is 2.28. The first-order valence-electron chi connectivity index (χ1n) is 6.19. The van der Waals surface area contributed by atoms with E-state index < -0.39 is 0 Å². The highest BCUT2D eigenvalue weighted by molar-refractivity contribution is 7.99. The first-order valence-corrected chi connectivity index (χ1v) is 7.24. The van der Waals surface area contributed by atoms with Crippen molar-refractivity contribution >= 4 is 11.8 Å². The predicted octanol–water partition coefficient (Wildman–Crippen LogP) is 2.47. The van der Waals surface area contributed by atoms with E-state index in [1.54, 1.807) is 0 Å². The van der Waals surface area contributed by atoms with Crippen molar-refractivity contribution in [2.45, 2.75) is 42.7 Å².